The third kappa shape index (κ3) is 2.54. The smallest absolute Gasteiger partial charge is 0.223 e. The van der Waals surface area contributed by atoms with Gasteiger partial charge in [-0.05, 0) is 11.4 Å². The van der Waals surface area contributed by atoms with Gasteiger partial charge in [-0.3, -0.25) is 0 Å². The molecule has 6 nitrogen and oxygen atoms in total. The van der Waals surface area contributed by atoms with Crippen LogP contribution in [0.5, 0.6) is 0 Å². The molecule has 0 saturated heterocycles. The van der Waals surface area contributed by atoms with Gasteiger partial charge in [0.05, 0.1) is 10.6 Å². The lowest BCUT2D eigenvalue weighted by molar-refractivity contribution is 0.389. The van der Waals surface area contributed by atoms with Gasteiger partial charge in [0, 0.05) is 14.0 Å². The Morgan fingerprint density at radius 1 is 1.42 bits per heavy atom. The third-order valence-electron chi connectivity index (χ3n) is 2.48. The Morgan fingerprint density at radius 2 is 2.32 bits per heavy atom. The van der Waals surface area contributed by atoms with Gasteiger partial charge in [0.15, 0.2) is 16.8 Å². The van der Waals surface area contributed by atoms with Gasteiger partial charge in [0.1, 0.15) is 0 Å². The van der Waals surface area contributed by atoms with Gasteiger partial charge >= 0.3 is 0 Å². The lowest BCUT2D eigenvalue weighted by Crippen LogP contribution is -1.94. The Balaban J connectivity index is 1.75. The van der Waals surface area contributed by atoms with Gasteiger partial charge in [-0.15, -0.1) is 21.5 Å². The summed E-state index contributed by atoms with van der Waals surface area (Å²) in [5, 5.41) is 15.1. The van der Waals surface area contributed by atoms with Crippen molar-refractivity contribution in [1.82, 2.24) is 24.9 Å². The van der Waals surface area contributed by atoms with E-state index in [0.717, 1.165) is 15.9 Å². The fourth-order valence-corrected chi connectivity index (χ4v) is 3.09. The van der Waals surface area contributed by atoms with Gasteiger partial charge in [0.2, 0.25) is 5.89 Å². The third-order valence-corrected chi connectivity index (χ3v) is 4.36. The Bertz CT molecular complexity index is 673. The van der Waals surface area contributed by atoms with Gasteiger partial charge in [0.25, 0.3) is 0 Å². The summed E-state index contributed by atoms with van der Waals surface area (Å²) in [6.07, 6.45) is 0. The minimum atomic E-state index is 0.577. The number of aromatic nitrogens is 5. The molecular weight excluding hydrogens is 282 g/mol. The summed E-state index contributed by atoms with van der Waals surface area (Å²) in [6, 6.07) is 4.04. The van der Waals surface area contributed by atoms with Crippen molar-refractivity contribution in [2.45, 2.75) is 17.8 Å². The zero-order valence-electron chi connectivity index (χ0n) is 10.4. The van der Waals surface area contributed by atoms with E-state index in [0.29, 0.717) is 17.5 Å². The lowest BCUT2D eigenvalue weighted by Gasteiger charge is -2.00. The second kappa shape index (κ2) is 5.14. The van der Waals surface area contributed by atoms with Crippen LogP contribution in [-0.4, -0.2) is 24.9 Å². The van der Waals surface area contributed by atoms with Crippen LogP contribution < -0.4 is 0 Å². The minimum absolute atomic E-state index is 0.577. The normalized spacial score (nSPS) is 11.1. The average molecular weight is 293 g/mol. The summed E-state index contributed by atoms with van der Waals surface area (Å²) in [6.45, 7) is 1.78. The molecule has 0 saturated carbocycles. The van der Waals surface area contributed by atoms with Crippen molar-refractivity contribution in [2.24, 2.45) is 7.05 Å². The Labute approximate surface area is 117 Å². The van der Waals surface area contributed by atoms with Crippen molar-refractivity contribution in [1.29, 1.82) is 0 Å². The highest BCUT2D eigenvalue weighted by atomic mass is 32.2. The molecule has 3 aromatic rings. The monoisotopic (exact) mass is 293 g/mol. The molecule has 3 heterocycles. The average Bonchev–Trinajstić information content (AvgIpc) is 3.09. The van der Waals surface area contributed by atoms with Crippen molar-refractivity contribution in [2.75, 3.05) is 0 Å². The van der Waals surface area contributed by atoms with E-state index in [-0.39, 0.29) is 0 Å². The lowest BCUT2D eigenvalue weighted by atomic mass is 10.4. The molecule has 0 unspecified atom stereocenters. The van der Waals surface area contributed by atoms with Crippen LogP contribution in [0, 0.1) is 6.92 Å². The standard InChI is InChI=1S/C11H11N5OS2/c1-7-12-9(15-17-7)6-19-11-14-13-10(16(11)2)8-4-3-5-18-8/h3-5H,6H2,1-2H3. The fraction of sp³-hybridized carbons (Fsp3) is 0.273. The van der Waals surface area contributed by atoms with Crippen LogP contribution in [0.4, 0.5) is 0 Å². The number of hydrogen-bond donors (Lipinski definition) is 0. The van der Waals surface area contributed by atoms with Crippen LogP contribution in [0.25, 0.3) is 10.7 Å². The first-order valence-corrected chi connectivity index (χ1v) is 7.46. The highest BCUT2D eigenvalue weighted by molar-refractivity contribution is 7.98. The molecule has 0 aromatic carbocycles. The molecular formula is C11H11N5OS2. The zero-order valence-corrected chi connectivity index (χ0v) is 12.0. The first-order chi connectivity index (χ1) is 9.24. The van der Waals surface area contributed by atoms with Crippen molar-refractivity contribution < 1.29 is 4.52 Å². The molecule has 0 bridgehead atoms. The second-order valence-corrected chi connectivity index (χ2v) is 5.75. The maximum atomic E-state index is 4.93. The quantitative estimate of drug-likeness (QED) is 0.688. The number of hydrogen-bond acceptors (Lipinski definition) is 7. The van der Waals surface area contributed by atoms with Gasteiger partial charge in [-0.1, -0.05) is 23.0 Å². The van der Waals surface area contributed by atoms with Crippen molar-refractivity contribution in [3.05, 3.63) is 29.2 Å². The molecule has 0 amide bonds. The van der Waals surface area contributed by atoms with E-state index in [9.17, 15) is 0 Å². The molecule has 98 valence electrons. The van der Waals surface area contributed by atoms with E-state index in [1.165, 1.54) is 0 Å². The molecule has 0 spiro atoms. The Morgan fingerprint density at radius 3 is 3.00 bits per heavy atom. The van der Waals surface area contributed by atoms with Crippen LogP contribution in [0.1, 0.15) is 11.7 Å². The maximum absolute atomic E-state index is 4.93. The predicted molar refractivity (Wildman–Crippen MR) is 72.9 cm³/mol. The minimum Gasteiger partial charge on any atom is -0.340 e. The molecule has 19 heavy (non-hydrogen) atoms. The number of thioether (sulfide) groups is 1. The summed E-state index contributed by atoms with van der Waals surface area (Å²) < 4.78 is 6.91. The van der Waals surface area contributed by atoms with E-state index in [1.807, 2.05) is 29.1 Å². The van der Waals surface area contributed by atoms with Gasteiger partial charge in [-0.25, -0.2) is 0 Å². The first-order valence-electron chi connectivity index (χ1n) is 5.59. The molecule has 3 aromatic heterocycles. The zero-order chi connectivity index (χ0) is 13.2. The molecule has 0 aliphatic rings. The molecule has 0 aliphatic heterocycles. The number of rotatable bonds is 4. The summed E-state index contributed by atoms with van der Waals surface area (Å²) in [7, 11) is 1.96. The van der Waals surface area contributed by atoms with E-state index in [1.54, 1.807) is 30.0 Å². The highest BCUT2D eigenvalue weighted by Crippen LogP contribution is 2.27. The predicted octanol–water partition coefficient (Wildman–Crippen LogP) is 2.53. The summed E-state index contributed by atoms with van der Waals surface area (Å²) in [4.78, 5) is 5.27. The van der Waals surface area contributed by atoms with Crippen molar-refractivity contribution in [3.63, 3.8) is 0 Å². The van der Waals surface area contributed by atoms with Crippen molar-refractivity contribution in [3.8, 4) is 10.7 Å². The summed E-state index contributed by atoms with van der Waals surface area (Å²) in [5.74, 6) is 2.74. The second-order valence-electron chi connectivity index (χ2n) is 3.86. The number of aryl methyl sites for hydroxylation is 1. The van der Waals surface area contributed by atoms with Gasteiger partial charge in [-0.2, -0.15) is 4.98 Å². The fourth-order valence-electron chi connectivity index (χ4n) is 1.59. The van der Waals surface area contributed by atoms with Crippen LogP contribution in [0.2, 0.25) is 0 Å². The topological polar surface area (TPSA) is 69.6 Å². The van der Waals surface area contributed by atoms with E-state index in [2.05, 4.69) is 20.3 Å². The Hall–Kier alpha value is -1.67. The SMILES string of the molecule is Cc1nc(CSc2nnc(-c3cccs3)n2C)no1. The first kappa shape index (κ1) is 12.4. The number of thiophene rings is 1. The maximum Gasteiger partial charge on any atom is 0.223 e. The Kier molecular flexibility index (Phi) is 3.34. The van der Waals surface area contributed by atoms with Crippen LogP contribution >= 0.6 is 23.1 Å². The number of nitrogens with zero attached hydrogens (tertiary/aromatic N) is 5. The van der Waals surface area contributed by atoms with Gasteiger partial charge < -0.3 is 9.09 Å². The van der Waals surface area contributed by atoms with Crippen LogP contribution in [0.15, 0.2) is 27.2 Å². The van der Waals surface area contributed by atoms with E-state index >= 15 is 0 Å². The molecule has 0 N–H and O–H groups in total. The van der Waals surface area contributed by atoms with Crippen LogP contribution in [-0.2, 0) is 12.8 Å². The molecule has 0 fully saturated rings. The van der Waals surface area contributed by atoms with Crippen LogP contribution in [0.3, 0.4) is 0 Å². The highest BCUT2D eigenvalue weighted by Gasteiger charge is 2.13. The molecule has 3 rings (SSSR count). The summed E-state index contributed by atoms with van der Waals surface area (Å²) in [5.41, 5.74) is 0. The molecule has 0 radical (unpaired) electrons. The van der Waals surface area contributed by atoms with E-state index in [4.69, 9.17) is 4.52 Å². The molecule has 0 aliphatic carbocycles. The molecule has 0 atom stereocenters. The van der Waals surface area contributed by atoms with Crippen molar-refractivity contribution >= 4 is 23.1 Å². The van der Waals surface area contributed by atoms with E-state index < -0.39 is 0 Å². The summed E-state index contributed by atoms with van der Waals surface area (Å²) >= 11 is 3.19. The molecule has 8 heteroatoms. The largest absolute Gasteiger partial charge is 0.340 e.